The maximum Gasteiger partial charge on any atom is 0.274 e. The number of benzene rings is 2. The van der Waals surface area contributed by atoms with Crippen molar-refractivity contribution < 1.29 is 19.0 Å². The molecule has 0 saturated carbocycles. The molecule has 2 N–H and O–H groups in total. The summed E-state index contributed by atoms with van der Waals surface area (Å²) in [6.07, 6.45) is 1.57. The first kappa shape index (κ1) is 18.5. The van der Waals surface area contributed by atoms with Gasteiger partial charge in [0.05, 0.1) is 21.3 Å². The Morgan fingerprint density at radius 2 is 1.67 bits per heavy atom. The summed E-state index contributed by atoms with van der Waals surface area (Å²) in [5.41, 5.74) is 1.67. The quantitative estimate of drug-likeness (QED) is 0.631. The van der Waals surface area contributed by atoms with Crippen LogP contribution in [0.5, 0.6) is 17.2 Å². The average Bonchev–Trinajstić information content (AvgIpc) is 3.09. The number of H-pyrrole nitrogens is 1. The highest BCUT2D eigenvalue weighted by Crippen LogP contribution is 2.40. The van der Waals surface area contributed by atoms with E-state index in [9.17, 15) is 4.79 Å². The first-order chi connectivity index (χ1) is 13.1. The smallest absolute Gasteiger partial charge is 0.274 e. The van der Waals surface area contributed by atoms with Gasteiger partial charge >= 0.3 is 0 Å². The molecule has 0 atom stereocenters. The number of rotatable bonds is 6. The average molecular weight is 385 g/mol. The van der Waals surface area contributed by atoms with Gasteiger partial charge < -0.3 is 24.5 Å². The van der Waals surface area contributed by atoms with Crippen molar-refractivity contribution in [2.24, 2.45) is 0 Å². The molecule has 140 valence electrons. The second-order valence-corrected chi connectivity index (χ2v) is 5.90. The van der Waals surface area contributed by atoms with Crippen LogP contribution in [0.4, 0.5) is 5.69 Å². The lowest BCUT2D eigenvalue weighted by molar-refractivity contribution is 0.102. The van der Waals surface area contributed by atoms with E-state index in [1.165, 1.54) is 21.3 Å². The second kappa shape index (κ2) is 7.96. The Labute approximate surface area is 161 Å². The van der Waals surface area contributed by atoms with Crippen LogP contribution in [0.3, 0.4) is 0 Å². The number of carbonyl (C=O) groups is 1. The van der Waals surface area contributed by atoms with Crippen LogP contribution in [0.2, 0.25) is 0 Å². The van der Waals surface area contributed by atoms with Crippen LogP contribution in [-0.4, -0.2) is 36.8 Å². The monoisotopic (exact) mass is 385 g/mol. The molecule has 7 nitrogen and oxygen atoms in total. The fourth-order valence-corrected chi connectivity index (χ4v) is 2.98. The van der Waals surface area contributed by atoms with Gasteiger partial charge in [-0.25, -0.2) is 0 Å². The van der Waals surface area contributed by atoms with Gasteiger partial charge in [0.25, 0.3) is 5.91 Å². The second-order valence-electron chi connectivity index (χ2n) is 5.52. The van der Waals surface area contributed by atoms with Crippen molar-refractivity contribution in [2.75, 3.05) is 26.6 Å². The molecule has 1 heterocycles. The van der Waals surface area contributed by atoms with Crippen LogP contribution in [0.25, 0.3) is 5.69 Å². The predicted molar refractivity (Wildman–Crippen MR) is 105 cm³/mol. The van der Waals surface area contributed by atoms with Crippen LogP contribution in [0.15, 0.2) is 48.7 Å². The number of hydrogen-bond acceptors (Lipinski definition) is 5. The molecule has 0 aliphatic heterocycles. The minimum Gasteiger partial charge on any atom is -0.493 e. The summed E-state index contributed by atoms with van der Waals surface area (Å²) in [6, 6.07) is 12.7. The first-order valence-electron chi connectivity index (χ1n) is 8.06. The first-order valence-corrected chi connectivity index (χ1v) is 8.47. The summed E-state index contributed by atoms with van der Waals surface area (Å²) in [5, 5.41) is 2.84. The number of ether oxygens (including phenoxy) is 3. The molecular weight excluding hydrogens is 366 g/mol. The van der Waals surface area contributed by atoms with E-state index in [2.05, 4.69) is 10.3 Å². The van der Waals surface area contributed by atoms with E-state index >= 15 is 0 Å². The van der Waals surface area contributed by atoms with Gasteiger partial charge in [-0.2, -0.15) is 0 Å². The molecule has 3 rings (SSSR count). The number of aromatic amines is 1. The Bertz CT molecular complexity index is 986. The van der Waals surface area contributed by atoms with Crippen LogP contribution < -0.4 is 19.5 Å². The molecule has 27 heavy (non-hydrogen) atoms. The fourth-order valence-electron chi connectivity index (χ4n) is 2.72. The number of carbonyl (C=O) groups excluding carboxylic acids is 1. The van der Waals surface area contributed by atoms with Gasteiger partial charge in [0.15, 0.2) is 16.3 Å². The number of anilines is 1. The summed E-state index contributed by atoms with van der Waals surface area (Å²) in [5.74, 6) is 1.01. The molecule has 1 aromatic heterocycles. The molecule has 1 amide bonds. The zero-order valence-corrected chi connectivity index (χ0v) is 15.9. The lowest BCUT2D eigenvalue weighted by atomic mass is 10.2. The van der Waals surface area contributed by atoms with Gasteiger partial charge in [-0.3, -0.25) is 9.36 Å². The molecule has 3 aromatic rings. The third-order valence-electron chi connectivity index (χ3n) is 3.95. The number of amides is 1. The molecule has 0 aliphatic rings. The van der Waals surface area contributed by atoms with Gasteiger partial charge in [-0.1, -0.05) is 18.2 Å². The maximum atomic E-state index is 12.9. The van der Waals surface area contributed by atoms with E-state index in [0.717, 1.165) is 5.69 Å². The Balaban J connectivity index is 1.97. The van der Waals surface area contributed by atoms with Gasteiger partial charge in [0.2, 0.25) is 5.75 Å². The molecule has 0 saturated heterocycles. The molecule has 0 aliphatic carbocycles. The summed E-state index contributed by atoms with van der Waals surface area (Å²) >= 11 is 5.32. The molecule has 0 fully saturated rings. The van der Waals surface area contributed by atoms with E-state index in [0.29, 0.717) is 33.4 Å². The van der Waals surface area contributed by atoms with Crippen molar-refractivity contribution in [2.45, 2.75) is 0 Å². The van der Waals surface area contributed by atoms with E-state index in [1.54, 1.807) is 22.9 Å². The van der Waals surface area contributed by atoms with Crippen molar-refractivity contribution in [3.8, 4) is 22.9 Å². The normalized spacial score (nSPS) is 10.3. The van der Waals surface area contributed by atoms with E-state index in [-0.39, 0.29) is 5.91 Å². The standard InChI is InChI=1S/C19H19N3O4S/c1-24-15-9-12(10-16(25-2)17(15)26-3)21-18(23)14-11-20-19(27)22(14)13-7-5-4-6-8-13/h4-11H,1-3H3,(H,20,27)(H,21,23). The lowest BCUT2D eigenvalue weighted by Crippen LogP contribution is -2.16. The number of para-hydroxylation sites is 1. The number of aromatic nitrogens is 2. The van der Waals surface area contributed by atoms with E-state index in [1.807, 2.05) is 30.3 Å². The minimum absolute atomic E-state index is 0.333. The summed E-state index contributed by atoms with van der Waals surface area (Å²) in [6.45, 7) is 0. The molecular formula is C19H19N3O4S. The zero-order valence-electron chi connectivity index (χ0n) is 15.1. The van der Waals surface area contributed by atoms with Crippen LogP contribution in [0.1, 0.15) is 10.5 Å². The number of imidazole rings is 1. The highest BCUT2D eigenvalue weighted by Gasteiger charge is 2.18. The Morgan fingerprint density at radius 3 is 2.22 bits per heavy atom. The third-order valence-corrected chi connectivity index (χ3v) is 4.25. The largest absolute Gasteiger partial charge is 0.493 e. The lowest BCUT2D eigenvalue weighted by Gasteiger charge is -2.15. The molecule has 0 unspecified atom stereocenters. The van der Waals surface area contributed by atoms with Gasteiger partial charge in [0, 0.05) is 29.7 Å². The Kier molecular flexibility index (Phi) is 5.46. The maximum absolute atomic E-state index is 12.9. The van der Waals surface area contributed by atoms with Gasteiger partial charge in [-0.15, -0.1) is 0 Å². The topological polar surface area (TPSA) is 77.5 Å². The fraction of sp³-hybridized carbons (Fsp3) is 0.158. The van der Waals surface area contributed by atoms with E-state index in [4.69, 9.17) is 26.4 Å². The Morgan fingerprint density at radius 1 is 1.04 bits per heavy atom. The van der Waals surface area contributed by atoms with Crippen LogP contribution in [0, 0.1) is 4.77 Å². The number of nitrogens with zero attached hydrogens (tertiary/aromatic N) is 1. The molecule has 2 aromatic carbocycles. The summed E-state index contributed by atoms with van der Waals surface area (Å²) < 4.78 is 18.0. The van der Waals surface area contributed by atoms with Crippen molar-refractivity contribution in [1.82, 2.24) is 9.55 Å². The highest BCUT2D eigenvalue weighted by molar-refractivity contribution is 7.71. The molecule has 0 spiro atoms. The van der Waals surface area contributed by atoms with Crippen LogP contribution >= 0.6 is 12.2 Å². The van der Waals surface area contributed by atoms with Gasteiger partial charge in [-0.05, 0) is 24.4 Å². The third kappa shape index (κ3) is 3.65. The van der Waals surface area contributed by atoms with Gasteiger partial charge in [0.1, 0.15) is 5.69 Å². The van der Waals surface area contributed by atoms with Crippen molar-refractivity contribution in [3.63, 3.8) is 0 Å². The number of hydrogen-bond donors (Lipinski definition) is 2. The van der Waals surface area contributed by atoms with Crippen LogP contribution in [-0.2, 0) is 0 Å². The minimum atomic E-state index is -0.333. The summed E-state index contributed by atoms with van der Waals surface area (Å²) in [7, 11) is 4.55. The number of nitrogens with one attached hydrogen (secondary N) is 2. The van der Waals surface area contributed by atoms with Crippen molar-refractivity contribution in [3.05, 3.63) is 59.1 Å². The SMILES string of the molecule is COc1cc(NC(=O)c2c[nH]c(=S)n2-c2ccccc2)cc(OC)c1OC. The van der Waals surface area contributed by atoms with Crippen molar-refractivity contribution >= 4 is 23.8 Å². The molecule has 8 heteroatoms. The zero-order chi connectivity index (χ0) is 19.4. The molecule has 0 bridgehead atoms. The predicted octanol–water partition coefficient (Wildman–Crippen LogP) is 3.81. The highest BCUT2D eigenvalue weighted by atomic mass is 32.1. The van der Waals surface area contributed by atoms with E-state index < -0.39 is 0 Å². The number of methoxy groups -OCH3 is 3. The van der Waals surface area contributed by atoms with Crippen molar-refractivity contribution in [1.29, 1.82) is 0 Å². The molecule has 0 radical (unpaired) electrons. The summed E-state index contributed by atoms with van der Waals surface area (Å²) in [4.78, 5) is 15.8. The Hall–Kier alpha value is -3.26.